The van der Waals surface area contributed by atoms with Crippen LogP contribution in [0.25, 0.3) is 11.2 Å². The lowest BCUT2D eigenvalue weighted by Gasteiger charge is -2.32. The molecule has 3 aromatic heterocycles. The van der Waals surface area contributed by atoms with Crippen molar-refractivity contribution in [2.24, 2.45) is 5.92 Å². The fraction of sp³-hybridized carbons (Fsp3) is 0.438. The van der Waals surface area contributed by atoms with Gasteiger partial charge in [0.25, 0.3) is 0 Å². The molecule has 1 amide bonds. The van der Waals surface area contributed by atoms with Gasteiger partial charge in [0, 0.05) is 31.7 Å². The Hall–Kier alpha value is -2.97. The number of nitrogens with one attached hydrogen (secondary N) is 2. The van der Waals surface area contributed by atoms with Crippen LogP contribution in [0.3, 0.4) is 0 Å². The van der Waals surface area contributed by atoms with E-state index in [4.69, 9.17) is 0 Å². The number of anilines is 2. The molecule has 0 atom stereocenters. The first-order chi connectivity index (χ1) is 12.2. The topological polar surface area (TPSA) is 105 Å². The highest BCUT2D eigenvalue weighted by atomic mass is 16.1. The quantitative estimate of drug-likeness (QED) is 0.744. The Morgan fingerprint density at radius 1 is 1.32 bits per heavy atom. The molecule has 1 aliphatic heterocycles. The van der Waals surface area contributed by atoms with Gasteiger partial charge in [-0.25, -0.2) is 15.0 Å². The van der Waals surface area contributed by atoms with E-state index in [1.54, 1.807) is 17.2 Å². The average molecular weight is 340 g/mol. The molecule has 1 saturated heterocycles. The summed E-state index contributed by atoms with van der Waals surface area (Å²) in [5, 5.41) is 7.14. The van der Waals surface area contributed by atoms with Gasteiger partial charge in [0.15, 0.2) is 11.5 Å². The number of piperidine rings is 1. The van der Waals surface area contributed by atoms with Crippen molar-refractivity contribution >= 4 is 28.6 Å². The molecule has 4 heterocycles. The number of imidazole rings is 1. The Balaban J connectivity index is 1.39. The number of H-pyrrole nitrogens is 1. The highest BCUT2D eigenvalue weighted by molar-refractivity contribution is 5.92. The molecule has 3 aromatic rings. The van der Waals surface area contributed by atoms with Crippen LogP contribution in [0, 0.1) is 5.92 Å². The number of amides is 1. The van der Waals surface area contributed by atoms with Crippen molar-refractivity contribution in [3.05, 3.63) is 25.0 Å². The molecule has 9 heteroatoms. The Morgan fingerprint density at radius 2 is 2.16 bits per heavy atom. The fourth-order valence-electron chi connectivity index (χ4n) is 3.19. The maximum atomic E-state index is 12.5. The molecule has 9 nitrogen and oxygen atoms in total. The number of aromatic amines is 1. The largest absolute Gasteiger partial charge is 0.355 e. The Bertz CT molecular complexity index is 877. The van der Waals surface area contributed by atoms with E-state index < -0.39 is 0 Å². The predicted octanol–water partition coefficient (Wildman–Crippen LogP) is 1.42. The van der Waals surface area contributed by atoms with Gasteiger partial charge in [0.2, 0.25) is 5.91 Å². The lowest BCUT2D eigenvalue weighted by molar-refractivity contribution is -0.120. The van der Waals surface area contributed by atoms with Crippen LogP contribution < -0.4 is 10.2 Å². The minimum Gasteiger partial charge on any atom is -0.355 e. The van der Waals surface area contributed by atoms with E-state index in [1.165, 1.54) is 6.33 Å². The minimum absolute atomic E-state index is 0.000298. The van der Waals surface area contributed by atoms with Crippen molar-refractivity contribution in [1.29, 1.82) is 0 Å². The summed E-state index contributed by atoms with van der Waals surface area (Å²) in [6.07, 6.45) is 8.26. The van der Waals surface area contributed by atoms with Crippen LogP contribution in [-0.4, -0.2) is 48.7 Å². The van der Waals surface area contributed by atoms with Gasteiger partial charge < -0.3 is 15.2 Å². The zero-order valence-corrected chi connectivity index (χ0v) is 14.0. The van der Waals surface area contributed by atoms with Crippen LogP contribution in [0.4, 0.5) is 11.5 Å². The lowest BCUT2D eigenvalue weighted by atomic mass is 9.96. The molecule has 2 N–H and O–H groups in total. The van der Waals surface area contributed by atoms with E-state index in [1.807, 2.05) is 13.1 Å². The normalized spacial score (nSPS) is 15.6. The molecular weight excluding hydrogens is 320 g/mol. The lowest BCUT2D eigenvalue weighted by Crippen LogP contribution is -2.38. The van der Waals surface area contributed by atoms with Gasteiger partial charge in [-0.15, -0.1) is 0 Å². The van der Waals surface area contributed by atoms with E-state index in [0.717, 1.165) is 49.5 Å². The number of carbonyl (C=O) groups excluding carboxylic acids is 1. The van der Waals surface area contributed by atoms with Crippen molar-refractivity contribution in [2.75, 3.05) is 23.3 Å². The number of fused-ring (bicyclic) bond motifs is 1. The van der Waals surface area contributed by atoms with E-state index in [-0.39, 0.29) is 11.8 Å². The SMILES string of the molecule is CCn1cc(NC(=O)C2CCN(c3ncnc4nc[nH]c34)CC2)cn1. The molecular formula is C16H20N8O. The van der Waals surface area contributed by atoms with E-state index >= 15 is 0 Å². The Morgan fingerprint density at radius 3 is 2.92 bits per heavy atom. The van der Waals surface area contributed by atoms with Crippen LogP contribution in [-0.2, 0) is 11.3 Å². The predicted molar refractivity (Wildman–Crippen MR) is 93.2 cm³/mol. The first-order valence-electron chi connectivity index (χ1n) is 8.47. The van der Waals surface area contributed by atoms with Gasteiger partial charge in [-0.2, -0.15) is 5.10 Å². The smallest absolute Gasteiger partial charge is 0.227 e. The van der Waals surface area contributed by atoms with Crippen LogP contribution in [0.1, 0.15) is 19.8 Å². The van der Waals surface area contributed by atoms with Crippen molar-refractivity contribution in [3.63, 3.8) is 0 Å². The van der Waals surface area contributed by atoms with E-state index in [2.05, 4.69) is 35.3 Å². The summed E-state index contributed by atoms with van der Waals surface area (Å²) in [6, 6.07) is 0. The Kier molecular flexibility index (Phi) is 4.04. The zero-order valence-electron chi connectivity index (χ0n) is 14.0. The molecule has 0 saturated carbocycles. The standard InChI is InChI=1S/C16H20N8O/c1-2-24-8-12(7-21-24)22-16(25)11-3-5-23(6-4-11)15-13-14(18-9-17-13)19-10-20-15/h7-11H,2-6H2,1H3,(H,22,25)(H,17,18,19,20). The number of carbonyl (C=O) groups is 1. The summed E-state index contributed by atoms with van der Waals surface area (Å²) in [4.78, 5) is 30.4. The third-order valence-electron chi connectivity index (χ3n) is 4.59. The second-order valence-electron chi connectivity index (χ2n) is 6.13. The second kappa shape index (κ2) is 6.50. The third-order valence-corrected chi connectivity index (χ3v) is 4.59. The molecule has 0 spiro atoms. The van der Waals surface area contributed by atoms with Crippen LogP contribution in [0.15, 0.2) is 25.0 Å². The van der Waals surface area contributed by atoms with Gasteiger partial charge in [0.1, 0.15) is 11.8 Å². The summed E-state index contributed by atoms with van der Waals surface area (Å²) >= 11 is 0. The molecule has 25 heavy (non-hydrogen) atoms. The average Bonchev–Trinajstić information content (AvgIpc) is 3.30. The molecule has 0 unspecified atom stereocenters. The van der Waals surface area contributed by atoms with Crippen molar-refractivity contribution in [2.45, 2.75) is 26.3 Å². The summed E-state index contributed by atoms with van der Waals surface area (Å²) in [5.41, 5.74) is 2.26. The molecule has 0 radical (unpaired) electrons. The number of nitrogens with zero attached hydrogens (tertiary/aromatic N) is 6. The summed E-state index contributed by atoms with van der Waals surface area (Å²) in [7, 11) is 0. The van der Waals surface area contributed by atoms with Crippen LogP contribution in [0.2, 0.25) is 0 Å². The molecule has 0 aliphatic carbocycles. The summed E-state index contributed by atoms with van der Waals surface area (Å²) < 4.78 is 1.79. The number of hydrogen-bond acceptors (Lipinski definition) is 6. The van der Waals surface area contributed by atoms with Gasteiger partial charge in [0.05, 0.1) is 18.2 Å². The van der Waals surface area contributed by atoms with Crippen molar-refractivity contribution in [3.8, 4) is 0 Å². The van der Waals surface area contributed by atoms with Gasteiger partial charge >= 0.3 is 0 Å². The number of rotatable bonds is 4. The van der Waals surface area contributed by atoms with Gasteiger partial charge in [-0.3, -0.25) is 9.48 Å². The minimum atomic E-state index is 0.000298. The van der Waals surface area contributed by atoms with Crippen molar-refractivity contribution in [1.82, 2.24) is 29.7 Å². The second-order valence-corrected chi connectivity index (χ2v) is 6.13. The molecule has 1 aliphatic rings. The monoisotopic (exact) mass is 340 g/mol. The number of aryl methyl sites for hydroxylation is 1. The number of hydrogen-bond donors (Lipinski definition) is 2. The van der Waals surface area contributed by atoms with Crippen molar-refractivity contribution < 1.29 is 4.79 Å². The third kappa shape index (κ3) is 3.04. The fourth-order valence-corrected chi connectivity index (χ4v) is 3.19. The molecule has 130 valence electrons. The maximum absolute atomic E-state index is 12.5. The summed E-state index contributed by atoms with van der Waals surface area (Å²) in [5.74, 6) is 0.913. The van der Waals surface area contributed by atoms with Gasteiger partial charge in [-0.1, -0.05) is 0 Å². The molecule has 0 aromatic carbocycles. The van der Waals surface area contributed by atoms with Crippen LogP contribution in [0.5, 0.6) is 0 Å². The van der Waals surface area contributed by atoms with E-state index in [9.17, 15) is 4.79 Å². The van der Waals surface area contributed by atoms with Gasteiger partial charge in [-0.05, 0) is 19.8 Å². The molecule has 0 bridgehead atoms. The maximum Gasteiger partial charge on any atom is 0.227 e. The van der Waals surface area contributed by atoms with E-state index in [0.29, 0.717) is 5.65 Å². The summed E-state index contributed by atoms with van der Waals surface area (Å²) in [6.45, 7) is 4.35. The first kappa shape index (κ1) is 15.6. The first-order valence-corrected chi connectivity index (χ1v) is 8.47. The molecule has 1 fully saturated rings. The zero-order chi connectivity index (χ0) is 17.2. The Labute approximate surface area is 144 Å². The molecule has 4 rings (SSSR count). The highest BCUT2D eigenvalue weighted by Gasteiger charge is 2.27. The van der Waals surface area contributed by atoms with Crippen LogP contribution >= 0.6 is 0 Å². The number of aromatic nitrogens is 6. The highest BCUT2D eigenvalue weighted by Crippen LogP contribution is 2.26.